The zero-order chi connectivity index (χ0) is 12.8. The first kappa shape index (κ1) is 14.8. The van der Waals surface area contributed by atoms with Crippen molar-refractivity contribution in [1.82, 2.24) is 5.32 Å². The van der Waals surface area contributed by atoms with Crippen LogP contribution in [-0.2, 0) is 19.4 Å². The highest BCUT2D eigenvalue weighted by atomic mass is 32.2. The molecule has 0 spiro atoms. The highest BCUT2D eigenvalue weighted by Gasteiger charge is 2.14. The zero-order valence-electron chi connectivity index (χ0n) is 8.97. The fraction of sp³-hybridized carbons (Fsp3) is 0.750. The van der Waals surface area contributed by atoms with E-state index in [9.17, 15) is 18.0 Å². The van der Waals surface area contributed by atoms with Gasteiger partial charge in [-0.2, -0.15) is 0 Å². The Morgan fingerprint density at radius 1 is 1.38 bits per heavy atom. The van der Waals surface area contributed by atoms with Gasteiger partial charge in [-0.15, -0.1) is 0 Å². The molecule has 0 bridgehead atoms. The van der Waals surface area contributed by atoms with E-state index < -0.39 is 27.8 Å². The molecule has 0 saturated carbocycles. The second-order valence-electron chi connectivity index (χ2n) is 3.38. The summed E-state index contributed by atoms with van der Waals surface area (Å²) in [5.74, 6) is -2.23. The van der Waals surface area contributed by atoms with Crippen LogP contribution >= 0.6 is 0 Å². The fourth-order valence-corrected chi connectivity index (χ4v) is 2.02. The van der Waals surface area contributed by atoms with E-state index in [1.165, 1.54) is 6.92 Å². The SMILES string of the molecule is C[C@H](NCCS(=O)(=O)CCC(N)=O)C(=O)O. The maximum Gasteiger partial charge on any atom is 0.320 e. The molecule has 0 rings (SSSR count). The van der Waals surface area contributed by atoms with Crippen LogP contribution in [-0.4, -0.2) is 49.5 Å². The lowest BCUT2D eigenvalue weighted by Gasteiger charge is -2.08. The van der Waals surface area contributed by atoms with Gasteiger partial charge in [0, 0.05) is 13.0 Å². The summed E-state index contributed by atoms with van der Waals surface area (Å²) >= 11 is 0. The Morgan fingerprint density at radius 3 is 2.38 bits per heavy atom. The number of nitrogens with two attached hydrogens (primary N) is 1. The molecule has 0 unspecified atom stereocenters. The van der Waals surface area contributed by atoms with Gasteiger partial charge in [0.15, 0.2) is 9.84 Å². The van der Waals surface area contributed by atoms with E-state index in [4.69, 9.17) is 10.8 Å². The van der Waals surface area contributed by atoms with Gasteiger partial charge in [0.25, 0.3) is 0 Å². The maximum absolute atomic E-state index is 11.3. The number of carboxylic acid groups (broad SMARTS) is 1. The van der Waals surface area contributed by atoms with Crippen LogP contribution < -0.4 is 11.1 Å². The van der Waals surface area contributed by atoms with Gasteiger partial charge in [0.05, 0.1) is 11.5 Å². The van der Waals surface area contributed by atoms with E-state index in [1.807, 2.05) is 0 Å². The Balaban J connectivity index is 3.91. The lowest BCUT2D eigenvalue weighted by molar-refractivity contribution is -0.138. The first-order valence-corrected chi connectivity index (χ1v) is 6.51. The van der Waals surface area contributed by atoms with Crippen molar-refractivity contribution in [2.75, 3.05) is 18.1 Å². The third-order valence-corrected chi connectivity index (χ3v) is 3.55. The summed E-state index contributed by atoms with van der Waals surface area (Å²) in [6, 6.07) is -0.800. The quantitative estimate of drug-likeness (QED) is 0.474. The van der Waals surface area contributed by atoms with Crippen LogP contribution in [0.25, 0.3) is 0 Å². The number of carboxylic acids is 1. The predicted octanol–water partition coefficient (Wildman–Crippen LogP) is -1.66. The van der Waals surface area contributed by atoms with Crippen LogP contribution in [0.1, 0.15) is 13.3 Å². The molecule has 4 N–H and O–H groups in total. The number of hydrogen-bond donors (Lipinski definition) is 3. The first-order chi connectivity index (χ1) is 7.24. The Bertz CT molecular complexity index is 351. The average Bonchev–Trinajstić information content (AvgIpc) is 2.14. The number of primary amides is 1. The van der Waals surface area contributed by atoms with E-state index in [0.717, 1.165) is 0 Å². The molecule has 0 heterocycles. The molecule has 1 amide bonds. The van der Waals surface area contributed by atoms with Crippen molar-refractivity contribution in [2.24, 2.45) is 5.73 Å². The van der Waals surface area contributed by atoms with Crippen molar-refractivity contribution in [3.63, 3.8) is 0 Å². The Kier molecular flexibility index (Phi) is 5.97. The number of carbonyl (C=O) groups excluding carboxylic acids is 1. The molecule has 0 saturated heterocycles. The van der Waals surface area contributed by atoms with Gasteiger partial charge in [-0.05, 0) is 6.92 Å². The molecular formula is C8H16N2O5S. The number of sulfone groups is 1. The van der Waals surface area contributed by atoms with Gasteiger partial charge in [-0.25, -0.2) is 8.42 Å². The predicted molar refractivity (Wildman–Crippen MR) is 57.6 cm³/mol. The molecule has 8 heteroatoms. The first-order valence-electron chi connectivity index (χ1n) is 4.69. The van der Waals surface area contributed by atoms with Crippen LogP contribution in [0.5, 0.6) is 0 Å². The van der Waals surface area contributed by atoms with Crippen LogP contribution in [0, 0.1) is 0 Å². The number of carbonyl (C=O) groups is 2. The second-order valence-corrected chi connectivity index (χ2v) is 5.69. The molecule has 0 aliphatic heterocycles. The molecule has 0 aromatic rings. The lowest BCUT2D eigenvalue weighted by Crippen LogP contribution is -2.37. The molecule has 0 aromatic heterocycles. The molecule has 0 fully saturated rings. The Hall–Kier alpha value is -1.15. The number of nitrogens with one attached hydrogen (secondary N) is 1. The van der Waals surface area contributed by atoms with Crippen molar-refractivity contribution in [3.8, 4) is 0 Å². The summed E-state index contributed by atoms with van der Waals surface area (Å²) in [5, 5.41) is 11.0. The van der Waals surface area contributed by atoms with Crippen molar-refractivity contribution < 1.29 is 23.1 Å². The largest absolute Gasteiger partial charge is 0.480 e. The van der Waals surface area contributed by atoms with Crippen molar-refractivity contribution in [3.05, 3.63) is 0 Å². The van der Waals surface area contributed by atoms with E-state index in [2.05, 4.69) is 5.32 Å². The summed E-state index contributed by atoms with van der Waals surface area (Å²) in [5.41, 5.74) is 4.82. The Labute approximate surface area is 93.9 Å². The molecule has 16 heavy (non-hydrogen) atoms. The normalized spacial score (nSPS) is 13.3. The van der Waals surface area contributed by atoms with E-state index in [-0.39, 0.29) is 24.5 Å². The van der Waals surface area contributed by atoms with Crippen LogP contribution in [0.15, 0.2) is 0 Å². The minimum absolute atomic E-state index is 0.0363. The molecule has 94 valence electrons. The van der Waals surface area contributed by atoms with Gasteiger partial charge >= 0.3 is 5.97 Å². The monoisotopic (exact) mass is 252 g/mol. The highest BCUT2D eigenvalue weighted by molar-refractivity contribution is 7.91. The van der Waals surface area contributed by atoms with Gasteiger partial charge in [-0.1, -0.05) is 0 Å². The topological polar surface area (TPSA) is 127 Å². The molecule has 0 aliphatic rings. The van der Waals surface area contributed by atoms with Gasteiger partial charge in [-0.3, -0.25) is 9.59 Å². The summed E-state index contributed by atoms with van der Waals surface area (Å²) in [6.07, 6.45) is -0.211. The summed E-state index contributed by atoms with van der Waals surface area (Å²) in [7, 11) is -3.35. The number of aliphatic carboxylic acids is 1. The van der Waals surface area contributed by atoms with Crippen LogP contribution in [0.2, 0.25) is 0 Å². The third-order valence-electron chi connectivity index (χ3n) is 1.89. The zero-order valence-corrected chi connectivity index (χ0v) is 9.79. The molecular weight excluding hydrogens is 236 g/mol. The van der Waals surface area contributed by atoms with Gasteiger partial charge in [0.1, 0.15) is 6.04 Å². The molecule has 0 aromatic carbocycles. The van der Waals surface area contributed by atoms with Crippen LogP contribution in [0.4, 0.5) is 0 Å². The smallest absolute Gasteiger partial charge is 0.320 e. The van der Waals surface area contributed by atoms with E-state index in [0.29, 0.717) is 0 Å². The van der Waals surface area contributed by atoms with Crippen molar-refractivity contribution in [1.29, 1.82) is 0 Å². The number of amides is 1. The van der Waals surface area contributed by atoms with E-state index in [1.54, 1.807) is 0 Å². The fourth-order valence-electron chi connectivity index (χ4n) is 0.876. The lowest BCUT2D eigenvalue weighted by atomic mass is 10.3. The van der Waals surface area contributed by atoms with Gasteiger partial charge in [0.2, 0.25) is 5.91 Å². The molecule has 0 aliphatic carbocycles. The average molecular weight is 252 g/mol. The summed E-state index contributed by atoms with van der Waals surface area (Å²) in [6.45, 7) is 1.45. The van der Waals surface area contributed by atoms with Crippen molar-refractivity contribution in [2.45, 2.75) is 19.4 Å². The minimum atomic E-state index is -3.35. The number of hydrogen-bond acceptors (Lipinski definition) is 5. The highest BCUT2D eigenvalue weighted by Crippen LogP contribution is 1.93. The van der Waals surface area contributed by atoms with Crippen LogP contribution in [0.3, 0.4) is 0 Å². The summed E-state index contributed by atoms with van der Waals surface area (Å²) < 4.78 is 22.6. The standard InChI is InChI=1S/C8H16N2O5S/c1-6(8(12)13)10-3-5-16(14,15)4-2-7(9)11/h6,10H,2-5H2,1H3,(H2,9,11)(H,12,13)/t6-/m0/s1. The molecule has 0 radical (unpaired) electrons. The van der Waals surface area contributed by atoms with Gasteiger partial charge < -0.3 is 16.2 Å². The second kappa shape index (κ2) is 6.44. The van der Waals surface area contributed by atoms with E-state index >= 15 is 0 Å². The Morgan fingerprint density at radius 2 is 1.94 bits per heavy atom. The maximum atomic E-state index is 11.3. The molecule has 1 atom stereocenters. The molecule has 7 nitrogen and oxygen atoms in total. The number of rotatable bonds is 8. The minimum Gasteiger partial charge on any atom is -0.480 e. The summed E-state index contributed by atoms with van der Waals surface area (Å²) in [4.78, 5) is 20.8. The third kappa shape index (κ3) is 7.18. The van der Waals surface area contributed by atoms with Crippen molar-refractivity contribution >= 4 is 21.7 Å².